The van der Waals surface area contributed by atoms with Crippen molar-refractivity contribution >= 4 is 23.8 Å². The molecule has 0 saturated heterocycles. The van der Waals surface area contributed by atoms with Crippen LogP contribution in [0.25, 0.3) is 6.08 Å². The standard InChI is InChI=1S/C25H29NO2/c1-17(2)23-14-5-18(3)24(25(23)27)15-19-6-10-21(11-7-19)26-16-20-8-12-22(28-4)13-9-20/h6-13,15-18,23H,5,14H2,1-4H3/t18-,23+/m1/s1. The molecule has 1 aliphatic rings. The number of allylic oxidation sites excluding steroid dienone is 1. The number of carbonyl (C=O) groups excluding carboxylic acids is 1. The molecular weight excluding hydrogens is 346 g/mol. The van der Waals surface area contributed by atoms with E-state index in [1.165, 1.54) is 0 Å². The molecule has 0 aromatic heterocycles. The van der Waals surface area contributed by atoms with E-state index >= 15 is 0 Å². The van der Waals surface area contributed by atoms with Crippen molar-refractivity contribution in [2.75, 3.05) is 7.11 Å². The van der Waals surface area contributed by atoms with Gasteiger partial charge in [0, 0.05) is 12.1 Å². The quantitative estimate of drug-likeness (QED) is 0.468. The molecule has 0 amide bonds. The fourth-order valence-corrected chi connectivity index (χ4v) is 3.70. The van der Waals surface area contributed by atoms with E-state index in [1.807, 2.05) is 54.7 Å². The average Bonchev–Trinajstić information content (AvgIpc) is 2.70. The minimum absolute atomic E-state index is 0.163. The molecule has 2 aromatic carbocycles. The molecule has 0 aliphatic heterocycles. The maximum Gasteiger partial charge on any atom is 0.162 e. The highest BCUT2D eigenvalue weighted by atomic mass is 16.5. The second-order valence-corrected chi connectivity index (χ2v) is 7.92. The summed E-state index contributed by atoms with van der Waals surface area (Å²) < 4.78 is 5.17. The van der Waals surface area contributed by atoms with Crippen LogP contribution in [-0.4, -0.2) is 19.1 Å². The number of aliphatic imine (C=N–C) groups is 1. The number of hydrogen-bond donors (Lipinski definition) is 0. The summed E-state index contributed by atoms with van der Waals surface area (Å²) >= 11 is 0. The first-order valence-electron chi connectivity index (χ1n) is 10.0. The number of ether oxygens (including phenoxy) is 1. The van der Waals surface area contributed by atoms with E-state index in [0.29, 0.717) is 17.6 Å². The Kier molecular flexibility index (Phi) is 6.45. The van der Waals surface area contributed by atoms with Crippen LogP contribution in [0, 0.1) is 17.8 Å². The highest BCUT2D eigenvalue weighted by Crippen LogP contribution is 2.35. The monoisotopic (exact) mass is 375 g/mol. The third-order valence-electron chi connectivity index (χ3n) is 5.56. The van der Waals surface area contributed by atoms with Gasteiger partial charge in [0.1, 0.15) is 5.75 Å². The number of nitrogens with zero attached hydrogens (tertiary/aromatic N) is 1. The normalized spacial score (nSPS) is 21.6. The van der Waals surface area contributed by atoms with Gasteiger partial charge in [-0.2, -0.15) is 0 Å². The molecule has 2 aromatic rings. The first-order valence-corrected chi connectivity index (χ1v) is 10.0. The predicted molar refractivity (Wildman–Crippen MR) is 116 cm³/mol. The Bertz CT molecular complexity index is 860. The van der Waals surface area contributed by atoms with Crippen molar-refractivity contribution in [2.45, 2.75) is 33.6 Å². The number of benzene rings is 2. The van der Waals surface area contributed by atoms with Gasteiger partial charge in [0.2, 0.25) is 0 Å². The van der Waals surface area contributed by atoms with E-state index in [0.717, 1.165) is 41.0 Å². The number of carbonyl (C=O) groups is 1. The van der Waals surface area contributed by atoms with Crippen LogP contribution in [0.4, 0.5) is 5.69 Å². The van der Waals surface area contributed by atoms with Crippen molar-refractivity contribution in [1.82, 2.24) is 0 Å². The summed E-state index contributed by atoms with van der Waals surface area (Å²) in [5, 5.41) is 0. The molecule has 0 heterocycles. The SMILES string of the molecule is COc1ccc(C=Nc2ccc(C=C3C(=O)[C@H](C(C)C)CC[C@H]3C)cc2)cc1. The summed E-state index contributed by atoms with van der Waals surface area (Å²) in [7, 11) is 1.66. The smallest absolute Gasteiger partial charge is 0.162 e. The van der Waals surface area contributed by atoms with Gasteiger partial charge in [-0.05, 0) is 83.9 Å². The lowest BCUT2D eigenvalue weighted by Crippen LogP contribution is -2.30. The summed E-state index contributed by atoms with van der Waals surface area (Å²) in [4.78, 5) is 17.4. The summed E-state index contributed by atoms with van der Waals surface area (Å²) in [6.07, 6.45) is 6.00. The maximum atomic E-state index is 12.9. The van der Waals surface area contributed by atoms with Gasteiger partial charge in [0.05, 0.1) is 12.8 Å². The zero-order valence-corrected chi connectivity index (χ0v) is 17.2. The first kappa shape index (κ1) is 20.1. The molecule has 1 aliphatic carbocycles. The lowest BCUT2D eigenvalue weighted by molar-refractivity contribution is -0.122. The summed E-state index contributed by atoms with van der Waals surface area (Å²) in [5.74, 6) is 2.06. The summed E-state index contributed by atoms with van der Waals surface area (Å²) in [6, 6.07) is 15.8. The molecular formula is C25H29NO2. The highest BCUT2D eigenvalue weighted by Gasteiger charge is 2.32. The first-order chi connectivity index (χ1) is 13.5. The number of ketones is 1. The van der Waals surface area contributed by atoms with Gasteiger partial charge >= 0.3 is 0 Å². The van der Waals surface area contributed by atoms with Crippen molar-refractivity contribution < 1.29 is 9.53 Å². The van der Waals surface area contributed by atoms with Crippen LogP contribution in [0.5, 0.6) is 5.75 Å². The van der Waals surface area contributed by atoms with E-state index in [4.69, 9.17) is 4.74 Å². The average molecular weight is 376 g/mol. The van der Waals surface area contributed by atoms with E-state index in [-0.39, 0.29) is 5.92 Å². The molecule has 3 rings (SSSR count). The lowest BCUT2D eigenvalue weighted by atomic mass is 9.73. The molecule has 0 bridgehead atoms. The van der Waals surface area contributed by atoms with E-state index in [1.54, 1.807) is 7.11 Å². The Morgan fingerprint density at radius 2 is 1.64 bits per heavy atom. The highest BCUT2D eigenvalue weighted by molar-refractivity contribution is 6.02. The minimum Gasteiger partial charge on any atom is -0.497 e. The molecule has 3 heteroatoms. The van der Waals surface area contributed by atoms with E-state index in [9.17, 15) is 4.79 Å². The van der Waals surface area contributed by atoms with Crippen LogP contribution < -0.4 is 4.74 Å². The van der Waals surface area contributed by atoms with Gasteiger partial charge < -0.3 is 4.74 Å². The maximum absolute atomic E-state index is 12.9. The largest absolute Gasteiger partial charge is 0.497 e. The van der Waals surface area contributed by atoms with Crippen LogP contribution in [-0.2, 0) is 4.79 Å². The fourth-order valence-electron chi connectivity index (χ4n) is 3.70. The predicted octanol–water partition coefficient (Wildman–Crippen LogP) is 6.10. The van der Waals surface area contributed by atoms with E-state index in [2.05, 4.69) is 31.8 Å². The topological polar surface area (TPSA) is 38.7 Å². The van der Waals surface area contributed by atoms with Crippen LogP contribution in [0.3, 0.4) is 0 Å². The number of Topliss-reactive ketones (excluding diaryl/α,β-unsaturated/α-hetero) is 1. The number of rotatable bonds is 5. The van der Waals surface area contributed by atoms with Crippen molar-refractivity contribution in [3.63, 3.8) is 0 Å². The molecule has 3 nitrogen and oxygen atoms in total. The van der Waals surface area contributed by atoms with Gasteiger partial charge in [-0.3, -0.25) is 9.79 Å². The van der Waals surface area contributed by atoms with Crippen molar-refractivity contribution in [1.29, 1.82) is 0 Å². The van der Waals surface area contributed by atoms with Gasteiger partial charge in [0.25, 0.3) is 0 Å². The Labute approximate surface area is 168 Å². The van der Waals surface area contributed by atoms with Gasteiger partial charge in [-0.15, -0.1) is 0 Å². The van der Waals surface area contributed by atoms with Crippen LogP contribution >= 0.6 is 0 Å². The van der Waals surface area contributed by atoms with Gasteiger partial charge in [-0.25, -0.2) is 0 Å². The molecule has 28 heavy (non-hydrogen) atoms. The van der Waals surface area contributed by atoms with Gasteiger partial charge in [0.15, 0.2) is 5.78 Å². The number of methoxy groups -OCH3 is 1. The zero-order chi connectivity index (χ0) is 20.1. The molecule has 0 spiro atoms. The molecule has 1 saturated carbocycles. The summed E-state index contributed by atoms with van der Waals surface area (Å²) in [6.45, 7) is 6.45. The molecule has 0 radical (unpaired) electrons. The second kappa shape index (κ2) is 9.01. The third kappa shape index (κ3) is 4.78. The van der Waals surface area contributed by atoms with Gasteiger partial charge in [-0.1, -0.05) is 32.9 Å². The van der Waals surface area contributed by atoms with Crippen LogP contribution in [0.2, 0.25) is 0 Å². The van der Waals surface area contributed by atoms with Crippen LogP contribution in [0.15, 0.2) is 59.1 Å². The lowest BCUT2D eigenvalue weighted by Gasteiger charge is -2.30. The summed E-state index contributed by atoms with van der Waals surface area (Å²) in [5.41, 5.74) is 3.94. The van der Waals surface area contributed by atoms with Crippen LogP contribution in [0.1, 0.15) is 44.7 Å². The molecule has 0 unspecified atom stereocenters. The zero-order valence-electron chi connectivity index (χ0n) is 17.2. The molecule has 2 atom stereocenters. The third-order valence-corrected chi connectivity index (χ3v) is 5.56. The minimum atomic E-state index is 0.163. The fraction of sp³-hybridized carbons (Fsp3) is 0.360. The molecule has 0 N–H and O–H groups in total. The Morgan fingerprint density at radius 3 is 2.25 bits per heavy atom. The molecule has 146 valence electrons. The van der Waals surface area contributed by atoms with Crippen molar-refractivity contribution in [3.8, 4) is 5.75 Å². The van der Waals surface area contributed by atoms with E-state index < -0.39 is 0 Å². The number of hydrogen-bond acceptors (Lipinski definition) is 3. The Morgan fingerprint density at radius 1 is 1.00 bits per heavy atom. The second-order valence-electron chi connectivity index (χ2n) is 7.92. The Balaban J connectivity index is 1.73. The van der Waals surface area contributed by atoms with Crippen molar-refractivity contribution in [2.24, 2.45) is 22.7 Å². The Hall–Kier alpha value is -2.68. The van der Waals surface area contributed by atoms with Crippen molar-refractivity contribution in [3.05, 3.63) is 65.2 Å². The molecule has 1 fully saturated rings.